The van der Waals surface area contributed by atoms with E-state index in [1.54, 1.807) is 6.92 Å². The number of nitrogens with zero attached hydrogens (tertiary/aromatic N) is 1. The van der Waals surface area contributed by atoms with Crippen molar-refractivity contribution in [2.75, 3.05) is 13.2 Å². The second-order valence-corrected chi connectivity index (χ2v) is 4.52. The molecule has 0 bridgehead atoms. The second kappa shape index (κ2) is 4.26. The summed E-state index contributed by atoms with van der Waals surface area (Å²) in [7, 11) is 0. The van der Waals surface area contributed by atoms with Gasteiger partial charge in [0.15, 0.2) is 0 Å². The topological polar surface area (TPSA) is 22.1 Å². The smallest absolute Gasteiger partial charge is 0.219 e. The van der Waals surface area contributed by atoms with Crippen LogP contribution in [0.2, 0.25) is 5.02 Å². The van der Waals surface area contributed by atoms with Crippen molar-refractivity contribution in [1.29, 1.82) is 0 Å². The number of pyridine rings is 1. The number of ether oxygens (including phenoxy) is 1. The summed E-state index contributed by atoms with van der Waals surface area (Å²) in [5.74, 6) is -1.20. The molecule has 2 nitrogen and oxygen atoms in total. The average molecular weight is 248 g/mol. The molecule has 1 aromatic rings. The van der Waals surface area contributed by atoms with E-state index in [1.165, 1.54) is 12.3 Å². The monoisotopic (exact) mass is 247 g/mol. The van der Waals surface area contributed by atoms with E-state index in [0.717, 1.165) is 0 Å². The van der Waals surface area contributed by atoms with Gasteiger partial charge >= 0.3 is 0 Å². The summed E-state index contributed by atoms with van der Waals surface area (Å²) in [6.45, 7) is 2.26. The summed E-state index contributed by atoms with van der Waals surface area (Å²) in [4.78, 5) is 3.45. The van der Waals surface area contributed by atoms with Crippen LogP contribution in [0.4, 0.5) is 8.78 Å². The van der Waals surface area contributed by atoms with Crippen molar-refractivity contribution in [2.24, 2.45) is 5.92 Å². The van der Waals surface area contributed by atoms with E-state index < -0.39 is 17.5 Å². The van der Waals surface area contributed by atoms with Crippen molar-refractivity contribution in [2.45, 2.75) is 19.0 Å². The van der Waals surface area contributed by atoms with Crippen molar-refractivity contribution in [3.05, 3.63) is 28.8 Å². The van der Waals surface area contributed by atoms with Crippen LogP contribution in [0, 0.1) is 11.9 Å². The van der Waals surface area contributed by atoms with Gasteiger partial charge in [0.25, 0.3) is 0 Å². The quantitative estimate of drug-likeness (QED) is 0.712. The van der Waals surface area contributed by atoms with E-state index in [-0.39, 0.29) is 30.2 Å². The Labute approximate surface area is 97.6 Å². The Balaban J connectivity index is 2.44. The zero-order chi connectivity index (χ0) is 11.8. The molecule has 0 saturated carbocycles. The van der Waals surface area contributed by atoms with Crippen LogP contribution < -0.4 is 0 Å². The highest BCUT2D eigenvalue weighted by Crippen LogP contribution is 2.41. The van der Waals surface area contributed by atoms with Crippen LogP contribution in [0.15, 0.2) is 12.3 Å². The Hall–Kier alpha value is -0.740. The number of hydrogen-bond acceptors (Lipinski definition) is 2. The first-order chi connectivity index (χ1) is 7.54. The molecule has 0 N–H and O–H groups in total. The number of rotatable bonds is 1. The van der Waals surface area contributed by atoms with Crippen LogP contribution >= 0.6 is 11.6 Å². The maximum atomic E-state index is 14.7. The molecule has 1 aliphatic heterocycles. The standard InChI is InChI=1S/C11H12ClF2NO/c1-7-6-16-3-2-11(7,14)9-4-8(12)5-15-10(9)13/h4-5,7H,2-3,6H2,1H3. The zero-order valence-electron chi connectivity index (χ0n) is 8.84. The Kier molecular flexibility index (Phi) is 3.13. The fourth-order valence-electron chi connectivity index (χ4n) is 1.97. The van der Waals surface area contributed by atoms with Crippen molar-refractivity contribution in [3.8, 4) is 0 Å². The van der Waals surface area contributed by atoms with Crippen molar-refractivity contribution in [3.63, 3.8) is 0 Å². The Morgan fingerprint density at radius 3 is 3.06 bits per heavy atom. The molecule has 0 spiro atoms. The van der Waals surface area contributed by atoms with E-state index in [9.17, 15) is 8.78 Å². The van der Waals surface area contributed by atoms with Gasteiger partial charge in [-0.15, -0.1) is 0 Å². The first kappa shape index (κ1) is 11.7. The maximum Gasteiger partial charge on any atom is 0.219 e. The van der Waals surface area contributed by atoms with Crippen molar-refractivity contribution in [1.82, 2.24) is 4.98 Å². The average Bonchev–Trinajstić information content (AvgIpc) is 2.26. The van der Waals surface area contributed by atoms with Gasteiger partial charge < -0.3 is 4.74 Å². The lowest BCUT2D eigenvalue weighted by Crippen LogP contribution is -2.38. The Morgan fingerprint density at radius 1 is 1.62 bits per heavy atom. The van der Waals surface area contributed by atoms with Gasteiger partial charge in [-0.25, -0.2) is 9.37 Å². The molecule has 16 heavy (non-hydrogen) atoms. The van der Waals surface area contributed by atoms with Gasteiger partial charge in [-0.3, -0.25) is 0 Å². The van der Waals surface area contributed by atoms with E-state index in [4.69, 9.17) is 16.3 Å². The number of hydrogen-bond donors (Lipinski definition) is 0. The molecule has 0 aromatic carbocycles. The Bertz CT molecular complexity index is 402. The molecule has 2 heterocycles. The molecular formula is C11H12ClF2NO. The minimum absolute atomic E-state index is 0.0594. The van der Waals surface area contributed by atoms with Crippen LogP contribution in [0.3, 0.4) is 0 Å². The highest BCUT2D eigenvalue weighted by molar-refractivity contribution is 6.30. The zero-order valence-corrected chi connectivity index (χ0v) is 9.60. The molecule has 1 aromatic heterocycles. The van der Waals surface area contributed by atoms with Crippen LogP contribution in [0.5, 0.6) is 0 Å². The first-order valence-corrected chi connectivity index (χ1v) is 5.50. The second-order valence-electron chi connectivity index (χ2n) is 4.08. The van der Waals surface area contributed by atoms with Gasteiger partial charge in [0.05, 0.1) is 11.6 Å². The molecule has 5 heteroatoms. The highest BCUT2D eigenvalue weighted by Gasteiger charge is 2.43. The van der Waals surface area contributed by atoms with Crippen molar-refractivity contribution < 1.29 is 13.5 Å². The lowest BCUT2D eigenvalue weighted by Gasteiger charge is -2.35. The molecule has 2 atom stereocenters. The summed E-state index contributed by atoms with van der Waals surface area (Å²) in [5, 5.41) is 0.243. The lowest BCUT2D eigenvalue weighted by atomic mass is 9.81. The van der Waals surface area contributed by atoms with Gasteiger partial charge in [0.1, 0.15) is 5.67 Å². The van der Waals surface area contributed by atoms with Crippen molar-refractivity contribution >= 4 is 11.6 Å². The maximum absolute atomic E-state index is 14.7. The molecular weight excluding hydrogens is 236 g/mol. The first-order valence-electron chi connectivity index (χ1n) is 5.12. The third kappa shape index (κ3) is 1.92. The van der Waals surface area contributed by atoms with Gasteiger partial charge in [-0.1, -0.05) is 18.5 Å². The van der Waals surface area contributed by atoms with Crippen LogP contribution in [-0.2, 0) is 10.4 Å². The third-order valence-electron chi connectivity index (χ3n) is 3.01. The third-order valence-corrected chi connectivity index (χ3v) is 3.22. The predicted molar refractivity (Wildman–Crippen MR) is 56.6 cm³/mol. The molecule has 0 aliphatic carbocycles. The highest BCUT2D eigenvalue weighted by atomic mass is 35.5. The van der Waals surface area contributed by atoms with Crippen LogP contribution in [0.25, 0.3) is 0 Å². The SMILES string of the molecule is CC1COCCC1(F)c1cc(Cl)cnc1F. The largest absolute Gasteiger partial charge is 0.381 e. The van der Waals surface area contributed by atoms with Gasteiger partial charge in [-0.05, 0) is 6.07 Å². The molecule has 2 rings (SSSR count). The van der Waals surface area contributed by atoms with Gasteiger partial charge in [-0.2, -0.15) is 4.39 Å². The number of alkyl halides is 1. The van der Waals surface area contributed by atoms with E-state index in [1.807, 2.05) is 0 Å². The molecule has 1 fully saturated rings. The van der Waals surface area contributed by atoms with E-state index >= 15 is 0 Å². The summed E-state index contributed by atoms with van der Waals surface area (Å²) in [5.41, 5.74) is -1.80. The summed E-state index contributed by atoms with van der Waals surface area (Å²) in [6.07, 6.45) is 1.31. The van der Waals surface area contributed by atoms with Gasteiger partial charge in [0, 0.05) is 30.7 Å². The molecule has 2 unspecified atom stereocenters. The van der Waals surface area contributed by atoms with Crippen LogP contribution in [0.1, 0.15) is 18.9 Å². The fourth-order valence-corrected chi connectivity index (χ4v) is 2.13. The lowest BCUT2D eigenvalue weighted by molar-refractivity contribution is -0.0606. The van der Waals surface area contributed by atoms with E-state index in [0.29, 0.717) is 0 Å². The molecule has 1 saturated heterocycles. The van der Waals surface area contributed by atoms with Gasteiger partial charge in [0.2, 0.25) is 5.95 Å². The fraction of sp³-hybridized carbons (Fsp3) is 0.545. The summed E-state index contributed by atoms with van der Waals surface area (Å²) >= 11 is 5.72. The van der Waals surface area contributed by atoms with Crippen LogP contribution in [-0.4, -0.2) is 18.2 Å². The number of aromatic nitrogens is 1. The molecule has 88 valence electrons. The molecule has 0 radical (unpaired) electrons. The summed E-state index contributed by atoms with van der Waals surface area (Å²) in [6, 6.07) is 1.31. The summed E-state index contributed by atoms with van der Waals surface area (Å²) < 4.78 is 33.4. The number of halogens is 3. The minimum Gasteiger partial charge on any atom is -0.381 e. The normalized spacial score (nSPS) is 30.4. The predicted octanol–water partition coefficient (Wildman–Crippen LogP) is 3.10. The Morgan fingerprint density at radius 2 is 2.38 bits per heavy atom. The van der Waals surface area contributed by atoms with E-state index in [2.05, 4.69) is 4.98 Å². The molecule has 1 aliphatic rings. The minimum atomic E-state index is -1.74. The molecule has 0 amide bonds.